The standard InChI is InChI=1S/C14H17N5O/c1-3-15-13-8-7-12(17-18-13)14(20)19(2)10-11-6-4-5-9-16-11/h4-9H,3,10H2,1-2H3,(H,15,18). The molecule has 0 unspecified atom stereocenters. The topological polar surface area (TPSA) is 71.0 Å². The predicted octanol–water partition coefficient (Wildman–Crippen LogP) is 1.58. The smallest absolute Gasteiger partial charge is 0.274 e. The lowest BCUT2D eigenvalue weighted by Crippen LogP contribution is -2.27. The fourth-order valence-electron chi connectivity index (χ4n) is 1.72. The fraction of sp³-hybridized carbons (Fsp3) is 0.286. The largest absolute Gasteiger partial charge is 0.369 e. The minimum Gasteiger partial charge on any atom is -0.369 e. The van der Waals surface area contributed by atoms with Gasteiger partial charge in [0.05, 0.1) is 12.2 Å². The fourth-order valence-corrected chi connectivity index (χ4v) is 1.72. The zero-order valence-corrected chi connectivity index (χ0v) is 11.6. The number of carbonyl (C=O) groups excluding carboxylic acids is 1. The van der Waals surface area contributed by atoms with Gasteiger partial charge in [0.15, 0.2) is 5.69 Å². The number of pyridine rings is 1. The number of rotatable bonds is 5. The van der Waals surface area contributed by atoms with Crippen LogP contribution in [0.5, 0.6) is 0 Å². The molecule has 0 aromatic carbocycles. The molecule has 0 fully saturated rings. The maximum absolute atomic E-state index is 12.2. The zero-order chi connectivity index (χ0) is 14.4. The molecule has 2 rings (SSSR count). The third kappa shape index (κ3) is 3.50. The van der Waals surface area contributed by atoms with Gasteiger partial charge in [-0.15, -0.1) is 10.2 Å². The van der Waals surface area contributed by atoms with E-state index in [1.54, 1.807) is 30.3 Å². The number of aromatic nitrogens is 3. The lowest BCUT2D eigenvalue weighted by molar-refractivity contribution is 0.0776. The van der Waals surface area contributed by atoms with Crippen LogP contribution in [0, 0.1) is 0 Å². The molecule has 0 spiro atoms. The molecule has 2 aromatic rings. The summed E-state index contributed by atoms with van der Waals surface area (Å²) in [6.45, 7) is 3.18. The molecule has 0 aliphatic rings. The van der Waals surface area contributed by atoms with Gasteiger partial charge in [-0.25, -0.2) is 0 Å². The van der Waals surface area contributed by atoms with Crippen LogP contribution in [0.1, 0.15) is 23.1 Å². The Bertz CT molecular complexity index is 556. The van der Waals surface area contributed by atoms with Crippen molar-refractivity contribution in [1.82, 2.24) is 20.1 Å². The second kappa shape index (κ2) is 6.60. The average Bonchev–Trinajstić information content (AvgIpc) is 2.48. The van der Waals surface area contributed by atoms with Gasteiger partial charge < -0.3 is 10.2 Å². The number of amides is 1. The normalized spacial score (nSPS) is 10.1. The second-order valence-electron chi connectivity index (χ2n) is 4.32. The molecule has 0 saturated heterocycles. The van der Waals surface area contributed by atoms with Gasteiger partial charge in [0.2, 0.25) is 0 Å². The van der Waals surface area contributed by atoms with Crippen molar-refractivity contribution in [3.8, 4) is 0 Å². The van der Waals surface area contributed by atoms with E-state index in [0.29, 0.717) is 18.1 Å². The summed E-state index contributed by atoms with van der Waals surface area (Å²) in [5, 5.41) is 10.9. The van der Waals surface area contributed by atoms with Crippen molar-refractivity contribution in [3.05, 3.63) is 47.9 Å². The third-order valence-corrected chi connectivity index (χ3v) is 2.71. The van der Waals surface area contributed by atoms with Crippen LogP contribution >= 0.6 is 0 Å². The average molecular weight is 271 g/mol. The van der Waals surface area contributed by atoms with Gasteiger partial charge in [0, 0.05) is 19.8 Å². The summed E-state index contributed by atoms with van der Waals surface area (Å²) in [6.07, 6.45) is 1.71. The number of anilines is 1. The summed E-state index contributed by atoms with van der Waals surface area (Å²) in [7, 11) is 1.72. The summed E-state index contributed by atoms with van der Waals surface area (Å²) in [5.41, 5.74) is 1.16. The second-order valence-corrected chi connectivity index (χ2v) is 4.32. The summed E-state index contributed by atoms with van der Waals surface area (Å²) in [4.78, 5) is 18.0. The molecule has 0 radical (unpaired) electrons. The van der Waals surface area contributed by atoms with Crippen molar-refractivity contribution in [3.63, 3.8) is 0 Å². The Morgan fingerprint density at radius 2 is 2.10 bits per heavy atom. The highest BCUT2D eigenvalue weighted by Gasteiger charge is 2.14. The van der Waals surface area contributed by atoms with E-state index in [-0.39, 0.29) is 5.91 Å². The number of hydrogen-bond donors (Lipinski definition) is 1. The third-order valence-electron chi connectivity index (χ3n) is 2.71. The number of nitrogens with one attached hydrogen (secondary N) is 1. The highest BCUT2D eigenvalue weighted by atomic mass is 16.2. The van der Waals surface area contributed by atoms with Gasteiger partial charge in [0.25, 0.3) is 5.91 Å². The van der Waals surface area contributed by atoms with E-state index >= 15 is 0 Å². The van der Waals surface area contributed by atoms with Crippen LogP contribution in [0.3, 0.4) is 0 Å². The van der Waals surface area contributed by atoms with Gasteiger partial charge >= 0.3 is 0 Å². The Labute approximate surface area is 117 Å². The molecule has 6 nitrogen and oxygen atoms in total. The quantitative estimate of drug-likeness (QED) is 0.894. The molecule has 0 atom stereocenters. The van der Waals surface area contributed by atoms with E-state index in [1.807, 2.05) is 25.1 Å². The lowest BCUT2D eigenvalue weighted by atomic mass is 10.3. The molecule has 2 heterocycles. The van der Waals surface area contributed by atoms with Gasteiger partial charge in [-0.3, -0.25) is 9.78 Å². The van der Waals surface area contributed by atoms with E-state index in [1.165, 1.54) is 0 Å². The SMILES string of the molecule is CCNc1ccc(C(=O)N(C)Cc2ccccn2)nn1. The Hall–Kier alpha value is -2.50. The maximum Gasteiger partial charge on any atom is 0.274 e. The van der Waals surface area contributed by atoms with Crippen molar-refractivity contribution >= 4 is 11.7 Å². The van der Waals surface area contributed by atoms with E-state index in [0.717, 1.165) is 12.2 Å². The summed E-state index contributed by atoms with van der Waals surface area (Å²) in [6, 6.07) is 9.03. The lowest BCUT2D eigenvalue weighted by Gasteiger charge is -2.15. The summed E-state index contributed by atoms with van der Waals surface area (Å²) >= 11 is 0. The van der Waals surface area contributed by atoms with E-state index < -0.39 is 0 Å². The van der Waals surface area contributed by atoms with Crippen molar-refractivity contribution in [2.24, 2.45) is 0 Å². The maximum atomic E-state index is 12.2. The first-order chi connectivity index (χ1) is 9.70. The Balaban J connectivity index is 2.03. The van der Waals surface area contributed by atoms with E-state index in [4.69, 9.17) is 0 Å². The molecule has 1 N–H and O–H groups in total. The monoisotopic (exact) mass is 271 g/mol. The van der Waals surface area contributed by atoms with Crippen molar-refractivity contribution < 1.29 is 4.79 Å². The first-order valence-electron chi connectivity index (χ1n) is 6.43. The molecule has 0 saturated carbocycles. The van der Waals surface area contributed by atoms with E-state index in [2.05, 4.69) is 20.5 Å². The van der Waals surface area contributed by atoms with Crippen molar-refractivity contribution in [1.29, 1.82) is 0 Å². The first kappa shape index (κ1) is 13.9. The minimum atomic E-state index is -0.175. The molecule has 0 aliphatic carbocycles. The van der Waals surface area contributed by atoms with Crippen LogP contribution in [0.2, 0.25) is 0 Å². The molecule has 0 aliphatic heterocycles. The highest BCUT2D eigenvalue weighted by molar-refractivity contribution is 5.92. The van der Waals surface area contributed by atoms with Crippen LogP contribution < -0.4 is 5.32 Å². The van der Waals surface area contributed by atoms with Crippen molar-refractivity contribution in [2.75, 3.05) is 18.9 Å². The Kier molecular flexibility index (Phi) is 4.60. The van der Waals surface area contributed by atoms with Crippen LogP contribution in [0.4, 0.5) is 5.82 Å². The molecular weight excluding hydrogens is 254 g/mol. The van der Waals surface area contributed by atoms with Crippen molar-refractivity contribution in [2.45, 2.75) is 13.5 Å². The summed E-state index contributed by atoms with van der Waals surface area (Å²) in [5.74, 6) is 0.489. The first-order valence-corrected chi connectivity index (χ1v) is 6.43. The van der Waals surface area contributed by atoms with Crippen LogP contribution in [-0.2, 0) is 6.54 Å². The number of carbonyl (C=O) groups is 1. The van der Waals surface area contributed by atoms with Crippen LogP contribution in [0.15, 0.2) is 36.5 Å². The molecule has 0 bridgehead atoms. The predicted molar refractivity (Wildman–Crippen MR) is 76.2 cm³/mol. The van der Waals surface area contributed by atoms with Gasteiger partial charge in [-0.05, 0) is 31.2 Å². The number of hydrogen-bond acceptors (Lipinski definition) is 5. The molecule has 2 aromatic heterocycles. The molecule has 104 valence electrons. The number of nitrogens with zero attached hydrogens (tertiary/aromatic N) is 4. The van der Waals surface area contributed by atoms with Crippen LogP contribution in [0.25, 0.3) is 0 Å². The Morgan fingerprint density at radius 1 is 1.25 bits per heavy atom. The van der Waals surface area contributed by atoms with Gasteiger partial charge in [0.1, 0.15) is 5.82 Å². The van der Waals surface area contributed by atoms with Crippen LogP contribution in [-0.4, -0.2) is 39.6 Å². The molecule has 1 amide bonds. The zero-order valence-electron chi connectivity index (χ0n) is 11.6. The van der Waals surface area contributed by atoms with Gasteiger partial charge in [-0.2, -0.15) is 0 Å². The van der Waals surface area contributed by atoms with E-state index in [9.17, 15) is 4.79 Å². The molecule has 6 heteroatoms. The minimum absolute atomic E-state index is 0.175. The highest BCUT2D eigenvalue weighted by Crippen LogP contribution is 2.06. The molecular formula is C14H17N5O. The summed E-state index contributed by atoms with van der Waals surface area (Å²) < 4.78 is 0. The molecule has 20 heavy (non-hydrogen) atoms. The van der Waals surface area contributed by atoms with Gasteiger partial charge in [-0.1, -0.05) is 6.07 Å². The Morgan fingerprint density at radius 3 is 2.70 bits per heavy atom.